The smallest absolute Gasteiger partial charge is 0.137 e. The zero-order chi connectivity index (χ0) is 11.5. The van der Waals surface area contributed by atoms with Crippen molar-refractivity contribution in [2.24, 2.45) is 0 Å². The molecule has 0 saturated heterocycles. The molecule has 1 saturated carbocycles. The van der Waals surface area contributed by atoms with Crippen LogP contribution in [-0.2, 0) is 6.42 Å². The Balaban J connectivity index is 1.95. The molecule has 1 aromatic carbocycles. The van der Waals surface area contributed by atoms with Gasteiger partial charge in [0.25, 0.3) is 0 Å². The fraction of sp³-hybridized carbons (Fsp3) is 0.538. The van der Waals surface area contributed by atoms with Gasteiger partial charge in [-0.2, -0.15) is 0 Å². The molecule has 1 atom stereocenters. The van der Waals surface area contributed by atoms with E-state index in [1.165, 1.54) is 18.4 Å². The zero-order valence-corrected chi connectivity index (χ0v) is 10.6. The Labute approximate surface area is 102 Å². The van der Waals surface area contributed by atoms with E-state index in [0.29, 0.717) is 11.1 Å². The average Bonchev–Trinajstić information content (AvgIpc) is 3.01. The van der Waals surface area contributed by atoms with E-state index >= 15 is 0 Å². The van der Waals surface area contributed by atoms with Crippen molar-refractivity contribution in [2.75, 3.05) is 7.11 Å². The first-order chi connectivity index (χ1) is 7.69. The van der Waals surface area contributed by atoms with Crippen LogP contribution < -0.4 is 10.1 Å². The van der Waals surface area contributed by atoms with Crippen LogP contribution in [0.3, 0.4) is 0 Å². The fourth-order valence-electron chi connectivity index (χ4n) is 1.90. The van der Waals surface area contributed by atoms with Crippen LogP contribution in [0.1, 0.15) is 25.3 Å². The van der Waals surface area contributed by atoms with Gasteiger partial charge in [-0.15, -0.1) is 0 Å². The topological polar surface area (TPSA) is 21.3 Å². The van der Waals surface area contributed by atoms with Gasteiger partial charge in [-0.1, -0.05) is 17.7 Å². The molecular weight excluding hydrogens is 222 g/mol. The average molecular weight is 240 g/mol. The largest absolute Gasteiger partial charge is 0.495 e. The van der Waals surface area contributed by atoms with Crippen LogP contribution in [0.15, 0.2) is 18.2 Å². The molecule has 16 heavy (non-hydrogen) atoms. The first kappa shape index (κ1) is 11.7. The van der Waals surface area contributed by atoms with E-state index in [-0.39, 0.29) is 0 Å². The van der Waals surface area contributed by atoms with E-state index in [9.17, 15) is 0 Å². The fourth-order valence-corrected chi connectivity index (χ4v) is 2.18. The molecule has 1 N–H and O–H groups in total. The summed E-state index contributed by atoms with van der Waals surface area (Å²) in [7, 11) is 1.64. The second-order valence-electron chi connectivity index (χ2n) is 4.52. The van der Waals surface area contributed by atoms with Crippen LogP contribution >= 0.6 is 11.6 Å². The summed E-state index contributed by atoms with van der Waals surface area (Å²) in [5, 5.41) is 4.27. The van der Waals surface area contributed by atoms with Gasteiger partial charge >= 0.3 is 0 Å². The summed E-state index contributed by atoms with van der Waals surface area (Å²) in [6.45, 7) is 2.22. The number of rotatable bonds is 5. The van der Waals surface area contributed by atoms with E-state index in [4.69, 9.17) is 16.3 Å². The third-order valence-corrected chi connectivity index (χ3v) is 3.15. The lowest BCUT2D eigenvalue weighted by Crippen LogP contribution is -2.29. The SMILES string of the molecule is COc1ccc(CC(C)NC2CC2)cc1Cl. The summed E-state index contributed by atoms with van der Waals surface area (Å²) in [4.78, 5) is 0. The first-order valence-corrected chi connectivity index (χ1v) is 6.15. The number of ether oxygens (including phenoxy) is 1. The van der Waals surface area contributed by atoms with Crippen LogP contribution in [0.2, 0.25) is 5.02 Å². The molecule has 2 rings (SSSR count). The van der Waals surface area contributed by atoms with Crippen LogP contribution in [-0.4, -0.2) is 19.2 Å². The molecule has 2 nitrogen and oxygen atoms in total. The molecule has 0 heterocycles. The normalized spacial score (nSPS) is 17.2. The van der Waals surface area contributed by atoms with Crippen molar-refractivity contribution in [2.45, 2.75) is 38.3 Å². The van der Waals surface area contributed by atoms with Crippen molar-refractivity contribution in [3.05, 3.63) is 28.8 Å². The minimum atomic E-state index is 0.511. The summed E-state index contributed by atoms with van der Waals surface area (Å²) in [6.07, 6.45) is 3.67. The Morgan fingerprint density at radius 1 is 1.50 bits per heavy atom. The molecular formula is C13H18ClNO. The van der Waals surface area contributed by atoms with Crippen molar-refractivity contribution in [1.82, 2.24) is 5.32 Å². The Hall–Kier alpha value is -0.730. The second-order valence-corrected chi connectivity index (χ2v) is 4.92. The Kier molecular flexibility index (Phi) is 3.72. The number of halogens is 1. The minimum Gasteiger partial charge on any atom is -0.495 e. The molecule has 0 amide bonds. The van der Waals surface area contributed by atoms with Gasteiger partial charge < -0.3 is 10.1 Å². The van der Waals surface area contributed by atoms with Crippen LogP contribution in [0.5, 0.6) is 5.75 Å². The molecule has 0 spiro atoms. The highest BCUT2D eigenvalue weighted by Gasteiger charge is 2.22. The molecule has 1 fully saturated rings. The summed E-state index contributed by atoms with van der Waals surface area (Å²) < 4.78 is 5.13. The van der Waals surface area contributed by atoms with E-state index in [1.54, 1.807) is 7.11 Å². The predicted molar refractivity (Wildman–Crippen MR) is 67.3 cm³/mol. The maximum absolute atomic E-state index is 6.09. The van der Waals surface area contributed by atoms with Crippen molar-refractivity contribution >= 4 is 11.6 Å². The third-order valence-electron chi connectivity index (χ3n) is 2.86. The van der Waals surface area contributed by atoms with Gasteiger partial charge in [-0.05, 0) is 43.9 Å². The maximum Gasteiger partial charge on any atom is 0.137 e. The van der Waals surface area contributed by atoms with E-state index in [0.717, 1.165) is 18.2 Å². The lowest BCUT2D eigenvalue weighted by atomic mass is 10.1. The lowest BCUT2D eigenvalue weighted by molar-refractivity contribution is 0.414. The molecule has 0 aromatic heterocycles. The highest BCUT2D eigenvalue weighted by molar-refractivity contribution is 6.32. The number of benzene rings is 1. The van der Waals surface area contributed by atoms with Crippen molar-refractivity contribution in [3.63, 3.8) is 0 Å². The molecule has 1 aliphatic rings. The quantitative estimate of drug-likeness (QED) is 0.853. The van der Waals surface area contributed by atoms with E-state index in [1.807, 2.05) is 12.1 Å². The molecule has 1 aliphatic carbocycles. The second kappa shape index (κ2) is 5.07. The summed E-state index contributed by atoms with van der Waals surface area (Å²) >= 11 is 6.09. The molecule has 0 radical (unpaired) electrons. The van der Waals surface area contributed by atoms with Crippen molar-refractivity contribution in [3.8, 4) is 5.75 Å². The highest BCUT2D eigenvalue weighted by atomic mass is 35.5. The van der Waals surface area contributed by atoms with Crippen LogP contribution in [0.4, 0.5) is 0 Å². The monoisotopic (exact) mass is 239 g/mol. The molecule has 1 unspecified atom stereocenters. The van der Waals surface area contributed by atoms with Crippen LogP contribution in [0.25, 0.3) is 0 Å². The van der Waals surface area contributed by atoms with Gasteiger partial charge in [0.15, 0.2) is 0 Å². The van der Waals surface area contributed by atoms with Crippen LogP contribution in [0, 0.1) is 0 Å². The van der Waals surface area contributed by atoms with E-state index < -0.39 is 0 Å². The van der Waals surface area contributed by atoms with Gasteiger partial charge in [0.1, 0.15) is 5.75 Å². The van der Waals surface area contributed by atoms with E-state index in [2.05, 4.69) is 18.3 Å². The Morgan fingerprint density at radius 2 is 2.25 bits per heavy atom. The molecule has 0 bridgehead atoms. The molecule has 88 valence electrons. The number of hydrogen-bond acceptors (Lipinski definition) is 2. The zero-order valence-electron chi connectivity index (χ0n) is 9.79. The predicted octanol–water partition coefficient (Wildman–Crippen LogP) is 3.03. The van der Waals surface area contributed by atoms with Gasteiger partial charge in [0, 0.05) is 12.1 Å². The van der Waals surface area contributed by atoms with Gasteiger partial charge in [0.2, 0.25) is 0 Å². The lowest BCUT2D eigenvalue weighted by Gasteiger charge is -2.13. The minimum absolute atomic E-state index is 0.511. The Morgan fingerprint density at radius 3 is 2.81 bits per heavy atom. The summed E-state index contributed by atoms with van der Waals surface area (Å²) in [6, 6.07) is 7.27. The summed E-state index contributed by atoms with van der Waals surface area (Å²) in [5.41, 5.74) is 1.26. The van der Waals surface area contributed by atoms with Gasteiger partial charge in [-0.25, -0.2) is 0 Å². The van der Waals surface area contributed by atoms with Crippen molar-refractivity contribution in [1.29, 1.82) is 0 Å². The first-order valence-electron chi connectivity index (χ1n) is 5.77. The molecule has 3 heteroatoms. The third kappa shape index (κ3) is 3.13. The molecule has 0 aliphatic heterocycles. The highest BCUT2D eigenvalue weighted by Crippen LogP contribution is 2.26. The number of hydrogen-bond donors (Lipinski definition) is 1. The number of methoxy groups -OCH3 is 1. The summed E-state index contributed by atoms with van der Waals surface area (Å²) in [5.74, 6) is 0.744. The van der Waals surface area contributed by atoms with Crippen molar-refractivity contribution < 1.29 is 4.74 Å². The number of nitrogens with one attached hydrogen (secondary N) is 1. The Bertz CT molecular complexity index is 363. The van der Waals surface area contributed by atoms with Gasteiger partial charge in [0.05, 0.1) is 12.1 Å². The standard InChI is InChI=1S/C13H18ClNO/c1-9(15-11-4-5-11)7-10-3-6-13(16-2)12(14)8-10/h3,6,8-9,11,15H,4-5,7H2,1-2H3. The van der Waals surface area contributed by atoms with Gasteiger partial charge in [-0.3, -0.25) is 0 Å². The maximum atomic E-state index is 6.09. The molecule has 1 aromatic rings.